The molecule has 1 aliphatic heterocycles. The molecule has 0 amide bonds. The van der Waals surface area contributed by atoms with Crippen molar-refractivity contribution in [3.8, 4) is 0 Å². The molecule has 54 valence electrons. The molecule has 1 aliphatic rings. The molecule has 1 heterocycles. The first kappa shape index (κ1) is 7.42. The molecule has 0 unspecified atom stereocenters. The summed E-state index contributed by atoms with van der Waals surface area (Å²) in [5.41, 5.74) is 0. The van der Waals surface area contributed by atoms with Crippen LogP contribution in [0.4, 0.5) is 0 Å². The van der Waals surface area contributed by atoms with Crippen LogP contribution in [0.25, 0.3) is 0 Å². The van der Waals surface area contributed by atoms with Gasteiger partial charge in [0, 0.05) is 23.6 Å². The van der Waals surface area contributed by atoms with Gasteiger partial charge in [0.15, 0.2) is 0 Å². The van der Waals surface area contributed by atoms with Crippen LogP contribution in [0.5, 0.6) is 0 Å². The Kier molecular flexibility index (Phi) is 2.86. The van der Waals surface area contributed by atoms with E-state index >= 15 is 0 Å². The first-order chi connectivity index (χ1) is 4.34. The molecule has 2 atom stereocenters. The van der Waals surface area contributed by atoms with Gasteiger partial charge >= 0.3 is 0 Å². The van der Waals surface area contributed by atoms with Crippen LogP contribution in [0.2, 0.25) is 0 Å². The van der Waals surface area contributed by atoms with Gasteiger partial charge in [-0.05, 0) is 6.42 Å². The monoisotopic (exact) mass is 145 g/mol. The van der Waals surface area contributed by atoms with Gasteiger partial charge in [-0.1, -0.05) is 13.8 Å². The lowest BCUT2D eigenvalue weighted by Crippen LogP contribution is -2.41. The molecular weight excluding hydrogens is 130 g/mol. The summed E-state index contributed by atoms with van der Waals surface area (Å²) in [4.78, 5) is 0. The molecule has 0 radical (unpaired) electrons. The molecule has 1 fully saturated rings. The second kappa shape index (κ2) is 3.47. The molecule has 1 saturated heterocycles. The Hall–Kier alpha value is 0.310. The van der Waals surface area contributed by atoms with Crippen LogP contribution in [0.1, 0.15) is 20.3 Å². The minimum atomic E-state index is 0.767. The predicted octanol–water partition coefficient (Wildman–Crippen LogP) is 1.49. The fraction of sp³-hybridized carbons (Fsp3) is 1.00. The fourth-order valence-corrected chi connectivity index (χ4v) is 2.38. The van der Waals surface area contributed by atoms with E-state index in [0.29, 0.717) is 0 Å². The molecule has 0 aromatic rings. The smallest absolute Gasteiger partial charge is 0.0181 e. The molecule has 1 N–H and O–H groups in total. The van der Waals surface area contributed by atoms with Crippen molar-refractivity contribution in [3.05, 3.63) is 0 Å². The first-order valence-corrected chi connectivity index (χ1v) is 4.74. The van der Waals surface area contributed by atoms with Crippen LogP contribution in [0, 0.1) is 0 Å². The van der Waals surface area contributed by atoms with E-state index in [0.717, 1.165) is 11.3 Å². The lowest BCUT2D eigenvalue weighted by molar-refractivity contribution is 0.498. The quantitative estimate of drug-likeness (QED) is 0.600. The highest BCUT2D eigenvalue weighted by atomic mass is 32.2. The van der Waals surface area contributed by atoms with Gasteiger partial charge < -0.3 is 5.32 Å². The second-order valence-electron chi connectivity index (χ2n) is 2.54. The molecule has 2 heteroatoms. The number of rotatable bonds is 1. The third kappa shape index (κ3) is 1.87. The average molecular weight is 145 g/mol. The van der Waals surface area contributed by atoms with E-state index in [4.69, 9.17) is 0 Å². The standard InChI is InChI=1S/C7H15NS/c1-3-7-6(2)9-5-4-8-7/h6-8H,3-5H2,1-2H3/t6-,7-/m1/s1. The second-order valence-corrected chi connectivity index (χ2v) is 4.03. The molecule has 0 aromatic carbocycles. The first-order valence-electron chi connectivity index (χ1n) is 3.69. The van der Waals surface area contributed by atoms with E-state index in [1.54, 1.807) is 0 Å². The van der Waals surface area contributed by atoms with Crippen molar-refractivity contribution in [2.24, 2.45) is 0 Å². The summed E-state index contributed by atoms with van der Waals surface area (Å²) in [5, 5.41) is 4.32. The summed E-state index contributed by atoms with van der Waals surface area (Å²) in [5.74, 6) is 1.29. The Labute approximate surface area is 61.6 Å². The lowest BCUT2D eigenvalue weighted by Gasteiger charge is -2.28. The highest BCUT2D eigenvalue weighted by Crippen LogP contribution is 2.19. The van der Waals surface area contributed by atoms with E-state index in [2.05, 4.69) is 30.9 Å². The van der Waals surface area contributed by atoms with E-state index in [1.807, 2.05) is 0 Å². The molecule has 0 aromatic heterocycles. The van der Waals surface area contributed by atoms with Crippen molar-refractivity contribution < 1.29 is 0 Å². The molecule has 0 saturated carbocycles. The van der Waals surface area contributed by atoms with Gasteiger partial charge in [0.2, 0.25) is 0 Å². The summed E-state index contributed by atoms with van der Waals surface area (Å²) >= 11 is 2.09. The zero-order chi connectivity index (χ0) is 6.69. The Morgan fingerprint density at radius 3 is 2.89 bits per heavy atom. The molecule has 1 rings (SSSR count). The number of hydrogen-bond donors (Lipinski definition) is 1. The summed E-state index contributed by atoms with van der Waals surface area (Å²) < 4.78 is 0. The van der Waals surface area contributed by atoms with Gasteiger partial charge in [0.05, 0.1) is 0 Å². The zero-order valence-corrected chi connectivity index (χ0v) is 7.00. The normalized spacial score (nSPS) is 36.7. The van der Waals surface area contributed by atoms with Gasteiger partial charge in [0.25, 0.3) is 0 Å². The third-order valence-electron chi connectivity index (χ3n) is 1.90. The highest BCUT2D eigenvalue weighted by molar-refractivity contribution is 8.00. The molecule has 0 bridgehead atoms. The maximum atomic E-state index is 3.50. The minimum Gasteiger partial charge on any atom is -0.312 e. The Morgan fingerprint density at radius 2 is 2.44 bits per heavy atom. The predicted molar refractivity (Wildman–Crippen MR) is 44.0 cm³/mol. The average Bonchev–Trinajstić information content (AvgIpc) is 1.89. The molecule has 0 aliphatic carbocycles. The van der Waals surface area contributed by atoms with Crippen LogP contribution < -0.4 is 5.32 Å². The van der Waals surface area contributed by atoms with Crippen LogP contribution in [-0.4, -0.2) is 23.6 Å². The number of nitrogens with one attached hydrogen (secondary N) is 1. The summed E-state index contributed by atoms with van der Waals surface area (Å²) in [7, 11) is 0. The van der Waals surface area contributed by atoms with Crippen molar-refractivity contribution in [1.82, 2.24) is 5.32 Å². The largest absolute Gasteiger partial charge is 0.312 e. The van der Waals surface area contributed by atoms with Gasteiger partial charge in [-0.25, -0.2) is 0 Å². The molecule has 9 heavy (non-hydrogen) atoms. The van der Waals surface area contributed by atoms with Crippen LogP contribution in [0.15, 0.2) is 0 Å². The maximum absolute atomic E-state index is 3.50. The van der Waals surface area contributed by atoms with Crippen LogP contribution in [0.3, 0.4) is 0 Å². The van der Waals surface area contributed by atoms with Crippen molar-refractivity contribution in [2.75, 3.05) is 12.3 Å². The van der Waals surface area contributed by atoms with E-state index in [9.17, 15) is 0 Å². The number of hydrogen-bond acceptors (Lipinski definition) is 2. The Balaban J connectivity index is 2.30. The topological polar surface area (TPSA) is 12.0 Å². The van der Waals surface area contributed by atoms with Crippen molar-refractivity contribution >= 4 is 11.8 Å². The van der Waals surface area contributed by atoms with Gasteiger partial charge in [-0.3, -0.25) is 0 Å². The van der Waals surface area contributed by atoms with Gasteiger partial charge in [-0.15, -0.1) is 0 Å². The molecule has 1 nitrogen and oxygen atoms in total. The van der Waals surface area contributed by atoms with Gasteiger partial charge in [0.1, 0.15) is 0 Å². The van der Waals surface area contributed by atoms with E-state index in [1.165, 1.54) is 18.7 Å². The van der Waals surface area contributed by atoms with Crippen molar-refractivity contribution in [1.29, 1.82) is 0 Å². The molecule has 0 spiro atoms. The summed E-state index contributed by atoms with van der Waals surface area (Å²) in [6.07, 6.45) is 1.27. The minimum absolute atomic E-state index is 0.767. The molecular formula is C7H15NS. The SMILES string of the molecule is CC[C@H]1NCCS[C@@H]1C. The summed E-state index contributed by atoms with van der Waals surface area (Å²) in [6, 6.07) is 0.767. The summed E-state index contributed by atoms with van der Waals surface area (Å²) in [6.45, 7) is 5.76. The van der Waals surface area contributed by atoms with Crippen molar-refractivity contribution in [3.63, 3.8) is 0 Å². The maximum Gasteiger partial charge on any atom is 0.0181 e. The number of thioether (sulfide) groups is 1. The van der Waals surface area contributed by atoms with E-state index in [-0.39, 0.29) is 0 Å². The fourth-order valence-electron chi connectivity index (χ4n) is 1.25. The zero-order valence-electron chi connectivity index (χ0n) is 6.18. The van der Waals surface area contributed by atoms with Gasteiger partial charge in [-0.2, -0.15) is 11.8 Å². The van der Waals surface area contributed by atoms with Crippen molar-refractivity contribution in [2.45, 2.75) is 31.6 Å². The Morgan fingerprint density at radius 1 is 1.67 bits per heavy atom. The Bertz CT molecular complexity index is 85.0. The lowest BCUT2D eigenvalue weighted by atomic mass is 10.1. The third-order valence-corrected chi connectivity index (χ3v) is 3.19. The highest BCUT2D eigenvalue weighted by Gasteiger charge is 2.18. The van der Waals surface area contributed by atoms with Crippen LogP contribution >= 0.6 is 11.8 Å². The van der Waals surface area contributed by atoms with E-state index < -0.39 is 0 Å². The van der Waals surface area contributed by atoms with Crippen LogP contribution in [-0.2, 0) is 0 Å².